The Balaban J connectivity index is 1.80. The lowest BCUT2D eigenvalue weighted by atomic mass is 10.2. The van der Waals surface area contributed by atoms with Crippen molar-refractivity contribution in [1.29, 1.82) is 0 Å². The molecule has 0 atom stereocenters. The minimum Gasteiger partial charge on any atom is -0.399 e. The topological polar surface area (TPSA) is 60.1 Å². The Hall–Kier alpha value is -3.01. The summed E-state index contributed by atoms with van der Waals surface area (Å²) in [6.45, 7) is 0. The van der Waals surface area contributed by atoms with Crippen LogP contribution in [0.25, 0.3) is 5.69 Å². The Bertz CT molecular complexity index is 746. The fourth-order valence-corrected chi connectivity index (χ4v) is 2.09. The molecule has 1 heterocycles. The number of hydrogen-bond acceptors (Lipinski definition) is 2. The predicted octanol–water partition coefficient (Wildman–Crippen LogP) is 3.31. The maximum absolute atomic E-state index is 12.2. The molecule has 1 aromatic heterocycles. The first kappa shape index (κ1) is 13.0. The van der Waals surface area contributed by atoms with Crippen LogP contribution in [0, 0.1) is 0 Å². The zero-order valence-corrected chi connectivity index (χ0v) is 11.4. The van der Waals surface area contributed by atoms with E-state index in [-0.39, 0.29) is 5.91 Å². The highest BCUT2D eigenvalue weighted by atomic mass is 16.1. The van der Waals surface area contributed by atoms with Crippen LogP contribution in [0.3, 0.4) is 0 Å². The third-order valence-corrected chi connectivity index (χ3v) is 3.18. The highest BCUT2D eigenvalue weighted by Gasteiger charge is 2.06. The molecule has 3 aromatic rings. The molecule has 0 bridgehead atoms. The quantitative estimate of drug-likeness (QED) is 0.721. The monoisotopic (exact) mass is 277 g/mol. The van der Waals surface area contributed by atoms with Crippen LogP contribution in [0.4, 0.5) is 11.4 Å². The molecule has 4 nitrogen and oxygen atoms in total. The van der Waals surface area contributed by atoms with Crippen LogP contribution in [-0.4, -0.2) is 10.5 Å². The van der Waals surface area contributed by atoms with Crippen LogP contribution < -0.4 is 11.1 Å². The molecule has 0 fully saturated rings. The molecule has 3 N–H and O–H groups in total. The summed E-state index contributed by atoms with van der Waals surface area (Å²) in [5.41, 5.74) is 8.59. The Morgan fingerprint density at radius 1 is 0.952 bits per heavy atom. The molecule has 0 radical (unpaired) electrons. The maximum Gasteiger partial charge on any atom is 0.255 e. The summed E-state index contributed by atoms with van der Waals surface area (Å²) in [5, 5.41) is 2.89. The van der Waals surface area contributed by atoms with E-state index in [1.165, 1.54) is 0 Å². The van der Waals surface area contributed by atoms with Crippen LogP contribution >= 0.6 is 0 Å². The summed E-state index contributed by atoms with van der Waals surface area (Å²) >= 11 is 0. The van der Waals surface area contributed by atoms with E-state index >= 15 is 0 Å². The van der Waals surface area contributed by atoms with Gasteiger partial charge in [-0.05, 0) is 54.6 Å². The summed E-state index contributed by atoms with van der Waals surface area (Å²) in [7, 11) is 0. The minimum absolute atomic E-state index is 0.153. The van der Waals surface area contributed by atoms with Crippen LogP contribution in [0.15, 0.2) is 73.1 Å². The minimum atomic E-state index is -0.153. The average Bonchev–Trinajstić information content (AvgIpc) is 3.02. The zero-order valence-electron chi connectivity index (χ0n) is 11.4. The largest absolute Gasteiger partial charge is 0.399 e. The molecule has 2 aromatic carbocycles. The van der Waals surface area contributed by atoms with Crippen LogP contribution in [-0.2, 0) is 0 Å². The van der Waals surface area contributed by atoms with Crippen molar-refractivity contribution in [3.8, 4) is 5.69 Å². The van der Waals surface area contributed by atoms with Crippen molar-refractivity contribution in [3.63, 3.8) is 0 Å². The van der Waals surface area contributed by atoms with Crippen LogP contribution in [0.2, 0.25) is 0 Å². The van der Waals surface area contributed by atoms with Gasteiger partial charge in [0, 0.05) is 35.0 Å². The number of nitrogens with two attached hydrogens (primary N) is 1. The van der Waals surface area contributed by atoms with E-state index in [9.17, 15) is 4.79 Å². The second-order valence-corrected chi connectivity index (χ2v) is 4.72. The Morgan fingerprint density at radius 2 is 1.67 bits per heavy atom. The van der Waals surface area contributed by atoms with E-state index in [1.54, 1.807) is 24.3 Å². The van der Waals surface area contributed by atoms with Gasteiger partial charge < -0.3 is 15.6 Å². The lowest BCUT2D eigenvalue weighted by Crippen LogP contribution is -2.12. The third-order valence-electron chi connectivity index (χ3n) is 3.18. The van der Waals surface area contributed by atoms with E-state index in [4.69, 9.17) is 5.73 Å². The average molecular weight is 277 g/mol. The molecular formula is C17H15N3O. The van der Waals surface area contributed by atoms with Crippen molar-refractivity contribution in [2.45, 2.75) is 0 Å². The first-order chi connectivity index (χ1) is 10.2. The second kappa shape index (κ2) is 5.54. The van der Waals surface area contributed by atoms with Gasteiger partial charge in [0.25, 0.3) is 5.91 Å². The molecule has 0 saturated heterocycles. The molecular weight excluding hydrogens is 262 g/mol. The SMILES string of the molecule is Nc1ccc(C(=O)Nc2cccc(-n3cccc3)c2)cc1. The van der Waals surface area contributed by atoms with Gasteiger partial charge in [0.1, 0.15) is 0 Å². The van der Waals surface area contributed by atoms with Crippen molar-refractivity contribution in [1.82, 2.24) is 4.57 Å². The number of nitrogen functional groups attached to an aromatic ring is 1. The standard InChI is InChI=1S/C17H15N3O/c18-14-8-6-13(7-9-14)17(21)19-15-4-3-5-16(12-15)20-10-1-2-11-20/h1-12H,18H2,(H,19,21). The first-order valence-electron chi connectivity index (χ1n) is 6.63. The summed E-state index contributed by atoms with van der Waals surface area (Å²) in [6, 6.07) is 18.4. The van der Waals surface area contributed by atoms with E-state index in [0.717, 1.165) is 11.4 Å². The summed E-state index contributed by atoms with van der Waals surface area (Å²) in [4.78, 5) is 12.2. The lowest BCUT2D eigenvalue weighted by molar-refractivity contribution is 0.102. The number of benzene rings is 2. The fraction of sp³-hybridized carbons (Fsp3) is 0. The number of rotatable bonds is 3. The number of hydrogen-bond donors (Lipinski definition) is 2. The van der Waals surface area contributed by atoms with Gasteiger partial charge in [-0.1, -0.05) is 6.07 Å². The molecule has 21 heavy (non-hydrogen) atoms. The zero-order chi connectivity index (χ0) is 14.7. The summed E-state index contributed by atoms with van der Waals surface area (Å²) in [6.07, 6.45) is 3.92. The molecule has 0 unspecified atom stereocenters. The summed E-state index contributed by atoms with van der Waals surface area (Å²) in [5.74, 6) is -0.153. The first-order valence-corrected chi connectivity index (χ1v) is 6.63. The van der Waals surface area contributed by atoms with Gasteiger partial charge in [-0.25, -0.2) is 0 Å². The smallest absolute Gasteiger partial charge is 0.255 e. The van der Waals surface area contributed by atoms with Gasteiger partial charge in [0.2, 0.25) is 0 Å². The molecule has 0 aliphatic heterocycles. The van der Waals surface area contributed by atoms with Crippen molar-refractivity contribution in [2.75, 3.05) is 11.1 Å². The highest BCUT2D eigenvalue weighted by molar-refractivity contribution is 6.04. The van der Waals surface area contributed by atoms with E-state index in [1.807, 2.05) is 53.4 Å². The maximum atomic E-state index is 12.2. The van der Waals surface area contributed by atoms with Gasteiger partial charge in [-0.2, -0.15) is 0 Å². The predicted molar refractivity (Wildman–Crippen MR) is 84.6 cm³/mol. The molecule has 0 aliphatic rings. The third kappa shape index (κ3) is 2.95. The molecule has 0 aliphatic carbocycles. The van der Waals surface area contributed by atoms with Gasteiger partial charge >= 0.3 is 0 Å². The Labute approximate surface area is 122 Å². The van der Waals surface area contributed by atoms with Crippen molar-refractivity contribution in [3.05, 3.63) is 78.6 Å². The van der Waals surface area contributed by atoms with Gasteiger partial charge in [-0.15, -0.1) is 0 Å². The number of amides is 1. The second-order valence-electron chi connectivity index (χ2n) is 4.72. The van der Waals surface area contributed by atoms with E-state index in [2.05, 4.69) is 5.32 Å². The number of nitrogens with one attached hydrogen (secondary N) is 1. The summed E-state index contributed by atoms with van der Waals surface area (Å²) < 4.78 is 1.98. The van der Waals surface area contributed by atoms with Gasteiger partial charge in [0.05, 0.1) is 0 Å². The Kier molecular flexibility index (Phi) is 3.43. The van der Waals surface area contributed by atoms with Gasteiger partial charge in [-0.3, -0.25) is 4.79 Å². The number of carbonyl (C=O) groups excluding carboxylic acids is 1. The van der Waals surface area contributed by atoms with E-state index < -0.39 is 0 Å². The van der Waals surface area contributed by atoms with E-state index in [0.29, 0.717) is 11.3 Å². The Morgan fingerprint density at radius 3 is 2.38 bits per heavy atom. The molecule has 0 saturated carbocycles. The molecule has 1 amide bonds. The lowest BCUT2D eigenvalue weighted by Gasteiger charge is -2.08. The fourth-order valence-electron chi connectivity index (χ4n) is 2.09. The normalized spacial score (nSPS) is 10.3. The highest BCUT2D eigenvalue weighted by Crippen LogP contribution is 2.16. The number of nitrogens with zero attached hydrogens (tertiary/aromatic N) is 1. The van der Waals surface area contributed by atoms with Gasteiger partial charge in [0.15, 0.2) is 0 Å². The van der Waals surface area contributed by atoms with Crippen LogP contribution in [0.5, 0.6) is 0 Å². The van der Waals surface area contributed by atoms with Crippen molar-refractivity contribution >= 4 is 17.3 Å². The number of anilines is 2. The number of aromatic nitrogens is 1. The van der Waals surface area contributed by atoms with Crippen LogP contribution in [0.1, 0.15) is 10.4 Å². The number of carbonyl (C=O) groups is 1. The van der Waals surface area contributed by atoms with Crippen molar-refractivity contribution < 1.29 is 4.79 Å². The molecule has 0 spiro atoms. The molecule has 4 heteroatoms. The molecule has 104 valence electrons. The molecule has 3 rings (SSSR count). The van der Waals surface area contributed by atoms with Crippen molar-refractivity contribution in [2.24, 2.45) is 0 Å².